The molecule has 0 aromatic heterocycles. The Morgan fingerprint density at radius 3 is 2.88 bits per heavy atom. The Balaban J connectivity index is 2.54. The summed E-state index contributed by atoms with van der Waals surface area (Å²) in [5, 5.41) is 0. The molecular formula is C12H13ClO3. The molecule has 4 heteroatoms. The van der Waals surface area contributed by atoms with Crippen LogP contribution in [0, 0.1) is 0 Å². The lowest BCUT2D eigenvalue weighted by Crippen LogP contribution is -2.08. The Bertz CT molecular complexity index is 388. The van der Waals surface area contributed by atoms with E-state index in [4.69, 9.17) is 21.1 Å². The summed E-state index contributed by atoms with van der Waals surface area (Å²) >= 11 is 5.46. The van der Waals surface area contributed by atoms with Gasteiger partial charge in [0.1, 0.15) is 12.4 Å². The second-order valence-electron chi connectivity index (χ2n) is 3.16. The van der Waals surface area contributed by atoms with Crippen molar-refractivity contribution in [2.45, 2.75) is 6.61 Å². The molecule has 0 saturated carbocycles. The molecule has 0 saturated heterocycles. The molecule has 0 amide bonds. The molecule has 0 unspecified atom stereocenters. The van der Waals surface area contributed by atoms with Gasteiger partial charge >= 0.3 is 5.97 Å². The van der Waals surface area contributed by atoms with Crippen LogP contribution in [-0.4, -0.2) is 19.0 Å². The predicted octanol–water partition coefficient (Wildman–Crippen LogP) is 2.53. The summed E-state index contributed by atoms with van der Waals surface area (Å²) in [6, 6.07) is 7.30. The van der Waals surface area contributed by atoms with Crippen LogP contribution in [0.15, 0.2) is 36.4 Å². The van der Waals surface area contributed by atoms with Crippen LogP contribution in [0.1, 0.15) is 5.56 Å². The van der Waals surface area contributed by atoms with Crippen molar-refractivity contribution in [2.24, 2.45) is 0 Å². The van der Waals surface area contributed by atoms with Gasteiger partial charge in [0.05, 0.1) is 13.0 Å². The predicted molar refractivity (Wildman–Crippen MR) is 62.7 cm³/mol. The molecule has 0 bridgehead atoms. The molecule has 0 aliphatic rings. The van der Waals surface area contributed by atoms with Crippen molar-refractivity contribution in [3.8, 4) is 5.75 Å². The van der Waals surface area contributed by atoms with Crippen molar-refractivity contribution in [3.63, 3.8) is 0 Å². The highest BCUT2D eigenvalue weighted by molar-refractivity contribution is 6.22. The lowest BCUT2D eigenvalue weighted by molar-refractivity contribution is -0.140. The van der Waals surface area contributed by atoms with E-state index in [0.29, 0.717) is 0 Å². The first-order chi connectivity index (χ1) is 7.67. The van der Waals surface area contributed by atoms with Gasteiger partial charge in [-0.1, -0.05) is 18.7 Å². The van der Waals surface area contributed by atoms with Gasteiger partial charge in [-0.2, -0.15) is 0 Å². The van der Waals surface area contributed by atoms with Crippen molar-refractivity contribution >= 4 is 17.6 Å². The zero-order valence-corrected chi connectivity index (χ0v) is 9.79. The molecule has 86 valence electrons. The Kier molecular flexibility index (Phi) is 4.86. The van der Waals surface area contributed by atoms with Crippen molar-refractivity contribution in [3.05, 3.63) is 42.0 Å². The number of hydrogen-bond acceptors (Lipinski definition) is 3. The summed E-state index contributed by atoms with van der Waals surface area (Å²) in [5.41, 5.74) is 1.11. The zero-order chi connectivity index (χ0) is 12.0. The van der Waals surface area contributed by atoms with Gasteiger partial charge in [-0.05, 0) is 17.7 Å². The highest BCUT2D eigenvalue weighted by Gasteiger charge is 2.07. The molecule has 0 radical (unpaired) electrons. The molecule has 0 heterocycles. The van der Waals surface area contributed by atoms with Crippen molar-refractivity contribution < 1.29 is 14.3 Å². The van der Waals surface area contributed by atoms with E-state index < -0.39 is 5.97 Å². The third-order valence-corrected chi connectivity index (χ3v) is 2.28. The second-order valence-corrected chi connectivity index (χ2v) is 3.43. The van der Waals surface area contributed by atoms with Gasteiger partial charge < -0.3 is 9.47 Å². The normalized spacial score (nSPS) is 9.62. The van der Waals surface area contributed by atoms with E-state index in [1.165, 1.54) is 0 Å². The molecule has 0 atom stereocenters. The SMILES string of the molecule is C=C(CCl)C(=O)OCc1cccc(OC)c1. The maximum atomic E-state index is 11.3. The molecular weight excluding hydrogens is 228 g/mol. The number of ether oxygens (including phenoxy) is 2. The first-order valence-electron chi connectivity index (χ1n) is 4.71. The number of rotatable bonds is 5. The first kappa shape index (κ1) is 12.6. The minimum atomic E-state index is -0.474. The van der Waals surface area contributed by atoms with Gasteiger partial charge in [0, 0.05) is 5.57 Å². The minimum absolute atomic E-state index is 0.0803. The summed E-state index contributed by atoms with van der Waals surface area (Å²) in [5.74, 6) is 0.333. The van der Waals surface area contributed by atoms with Crippen LogP contribution in [0.4, 0.5) is 0 Å². The molecule has 0 fully saturated rings. The van der Waals surface area contributed by atoms with Crippen LogP contribution in [-0.2, 0) is 16.1 Å². The fourth-order valence-electron chi connectivity index (χ4n) is 1.07. The monoisotopic (exact) mass is 240 g/mol. The molecule has 0 aliphatic carbocycles. The van der Waals surface area contributed by atoms with Gasteiger partial charge in [0.25, 0.3) is 0 Å². The molecule has 3 nitrogen and oxygen atoms in total. The van der Waals surface area contributed by atoms with Crippen LogP contribution < -0.4 is 4.74 Å². The van der Waals surface area contributed by atoms with E-state index in [9.17, 15) is 4.79 Å². The molecule has 16 heavy (non-hydrogen) atoms. The number of halogens is 1. The van der Waals surface area contributed by atoms with E-state index in [-0.39, 0.29) is 18.1 Å². The number of methoxy groups -OCH3 is 1. The fraction of sp³-hybridized carbons (Fsp3) is 0.250. The Hall–Kier alpha value is -1.48. The summed E-state index contributed by atoms with van der Waals surface area (Å²) in [4.78, 5) is 11.3. The quantitative estimate of drug-likeness (QED) is 0.451. The summed E-state index contributed by atoms with van der Waals surface area (Å²) in [6.45, 7) is 3.67. The number of alkyl halides is 1. The van der Waals surface area contributed by atoms with Gasteiger partial charge in [-0.15, -0.1) is 11.6 Å². The smallest absolute Gasteiger partial charge is 0.334 e. The summed E-state index contributed by atoms with van der Waals surface area (Å²) in [7, 11) is 1.58. The fourth-order valence-corrected chi connectivity index (χ4v) is 1.18. The Morgan fingerprint density at radius 2 is 2.25 bits per heavy atom. The third kappa shape index (κ3) is 3.59. The number of carbonyl (C=O) groups is 1. The van der Waals surface area contributed by atoms with Crippen LogP contribution in [0.3, 0.4) is 0 Å². The van der Waals surface area contributed by atoms with E-state index in [0.717, 1.165) is 11.3 Å². The molecule has 1 aromatic carbocycles. The van der Waals surface area contributed by atoms with Crippen LogP contribution in [0.5, 0.6) is 5.75 Å². The van der Waals surface area contributed by atoms with Crippen molar-refractivity contribution in [2.75, 3.05) is 13.0 Å². The van der Waals surface area contributed by atoms with E-state index in [1.54, 1.807) is 13.2 Å². The average molecular weight is 241 g/mol. The average Bonchev–Trinajstić information content (AvgIpc) is 2.35. The number of hydrogen-bond donors (Lipinski definition) is 0. The molecule has 0 aliphatic heterocycles. The van der Waals surface area contributed by atoms with Crippen LogP contribution in [0.2, 0.25) is 0 Å². The summed E-state index contributed by atoms with van der Waals surface area (Å²) < 4.78 is 10.1. The van der Waals surface area contributed by atoms with Gasteiger partial charge in [-0.3, -0.25) is 0 Å². The largest absolute Gasteiger partial charge is 0.497 e. The Morgan fingerprint density at radius 1 is 1.50 bits per heavy atom. The second kappa shape index (κ2) is 6.18. The van der Waals surface area contributed by atoms with Gasteiger partial charge in [0.2, 0.25) is 0 Å². The van der Waals surface area contributed by atoms with Gasteiger partial charge in [-0.25, -0.2) is 4.79 Å². The molecule has 1 aromatic rings. The third-order valence-electron chi connectivity index (χ3n) is 1.95. The Labute approximate surface area is 99.6 Å². The van der Waals surface area contributed by atoms with E-state index in [1.807, 2.05) is 18.2 Å². The topological polar surface area (TPSA) is 35.5 Å². The number of benzene rings is 1. The molecule has 0 N–H and O–H groups in total. The highest BCUT2D eigenvalue weighted by Crippen LogP contribution is 2.13. The van der Waals surface area contributed by atoms with E-state index >= 15 is 0 Å². The van der Waals surface area contributed by atoms with Gasteiger partial charge in [0.15, 0.2) is 0 Å². The van der Waals surface area contributed by atoms with Crippen LogP contribution in [0.25, 0.3) is 0 Å². The van der Waals surface area contributed by atoms with Crippen molar-refractivity contribution in [1.82, 2.24) is 0 Å². The molecule has 0 spiro atoms. The lowest BCUT2D eigenvalue weighted by atomic mass is 10.2. The lowest BCUT2D eigenvalue weighted by Gasteiger charge is -2.06. The maximum Gasteiger partial charge on any atom is 0.334 e. The maximum absolute atomic E-state index is 11.3. The number of esters is 1. The number of carbonyl (C=O) groups excluding carboxylic acids is 1. The molecule has 1 rings (SSSR count). The standard InChI is InChI=1S/C12H13ClO3/c1-9(7-13)12(14)16-8-10-4-3-5-11(6-10)15-2/h3-6H,1,7-8H2,2H3. The first-order valence-corrected chi connectivity index (χ1v) is 5.24. The highest BCUT2D eigenvalue weighted by atomic mass is 35.5. The zero-order valence-electron chi connectivity index (χ0n) is 9.03. The minimum Gasteiger partial charge on any atom is -0.497 e. The van der Waals surface area contributed by atoms with E-state index in [2.05, 4.69) is 6.58 Å². The van der Waals surface area contributed by atoms with Crippen molar-refractivity contribution in [1.29, 1.82) is 0 Å². The summed E-state index contributed by atoms with van der Waals surface area (Å²) in [6.07, 6.45) is 0. The van der Waals surface area contributed by atoms with Crippen LogP contribution >= 0.6 is 11.6 Å².